The lowest BCUT2D eigenvalue weighted by Crippen LogP contribution is -2.06. The van der Waals surface area contributed by atoms with Gasteiger partial charge >= 0.3 is 0 Å². The first-order valence-electron chi connectivity index (χ1n) is 7.58. The Morgan fingerprint density at radius 1 is 1.10 bits per heavy atom. The molecule has 1 aliphatic carbocycles. The standard InChI is InChI=1S/C17H18BrN3/c18-14-6-5-13-7-9-20(17(13)11-14)12-15-8-10-21(19-15)16-3-1-2-4-16/h5-11,16H,1-4,12H2. The smallest absolute Gasteiger partial charge is 0.0821 e. The van der Waals surface area contributed by atoms with Crippen molar-refractivity contribution in [2.75, 3.05) is 0 Å². The van der Waals surface area contributed by atoms with E-state index in [1.54, 1.807) is 0 Å². The van der Waals surface area contributed by atoms with E-state index in [1.807, 2.05) is 0 Å². The van der Waals surface area contributed by atoms with Crippen molar-refractivity contribution in [2.45, 2.75) is 38.3 Å². The van der Waals surface area contributed by atoms with Gasteiger partial charge in [-0.05, 0) is 42.5 Å². The van der Waals surface area contributed by atoms with Crippen LogP contribution in [-0.4, -0.2) is 14.3 Å². The summed E-state index contributed by atoms with van der Waals surface area (Å²) in [6.45, 7) is 0.833. The molecule has 4 rings (SSSR count). The zero-order valence-corrected chi connectivity index (χ0v) is 13.5. The molecule has 0 radical (unpaired) electrons. The Kier molecular flexibility index (Phi) is 3.34. The summed E-state index contributed by atoms with van der Waals surface area (Å²) in [6.07, 6.45) is 9.53. The molecule has 0 bridgehead atoms. The van der Waals surface area contributed by atoms with Crippen molar-refractivity contribution in [1.82, 2.24) is 14.3 Å². The first kappa shape index (κ1) is 13.1. The minimum absolute atomic E-state index is 0.620. The lowest BCUT2D eigenvalue weighted by atomic mass is 10.2. The minimum atomic E-state index is 0.620. The maximum Gasteiger partial charge on any atom is 0.0821 e. The Balaban J connectivity index is 1.61. The van der Waals surface area contributed by atoms with Crippen LogP contribution < -0.4 is 0 Å². The van der Waals surface area contributed by atoms with Crippen LogP contribution in [0.2, 0.25) is 0 Å². The molecule has 0 N–H and O–H groups in total. The van der Waals surface area contributed by atoms with Crippen LogP contribution in [0.5, 0.6) is 0 Å². The van der Waals surface area contributed by atoms with Crippen molar-refractivity contribution < 1.29 is 0 Å². The topological polar surface area (TPSA) is 22.8 Å². The van der Waals surface area contributed by atoms with Gasteiger partial charge in [0.15, 0.2) is 0 Å². The molecule has 1 aliphatic rings. The van der Waals surface area contributed by atoms with Gasteiger partial charge in [-0.2, -0.15) is 5.10 Å². The van der Waals surface area contributed by atoms with Crippen molar-refractivity contribution in [1.29, 1.82) is 0 Å². The van der Waals surface area contributed by atoms with E-state index in [0.29, 0.717) is 6.04 Å². The van der Waals surface area contributed by atoms with Gasteiger partial charge in [0, 0.05) is 22.4 Å². The van der Waals surface area contributed by atoms with Gasteiger partial charge in [-0.3, -0.25) is 4.68 Å². The number of benzene rings is 1. The summed E-state index contributed by atoms with van der Waals surface area (Å²) >= 11 is 3.55. The highest BCUT2D eigenvalue weighted by atomic mass is 79.9. The lowest BCUT2D eigenvalue weighted by Gasteiger charge is -2.09. The summed E-state index contributed by atoms with van der Waals surface area (Å²) in [6, 6.07) is 11.3. The molecule has 4 heteroatoms. The predicted octanol–water partition coefficient (Wildman–Crippen LogP) is 4.76. The Hall–Kier alpha value is -1.55. The average molecular weight is 344 g/mol. The normalized spacial score (nSPS) is 16.0. The fourth-order valence-corrected chi connectivity index (χ4v) is 3.65. The predicted molar refractivity (Wildman–Crippen MR) is 88.5 cm³/mol. The van der Waals surface area contributed by atoms with Crippen LogP contribution in [0.25, 0.3) is 10.9 Å². The SMILES string of the molecule is Brc1ccc2ccn(Cc3ccn(C4CCCC4)n3)c2c1. The number of rotatable bonds is 3. The Bertz CT molecular complexity index is 765. The van der Waals surface area contributed by atoms with E-state index in [0.717, 1.165) is 16.7 Å². The van der Waals surface area contributed by atoms with E-state index in [4.69, 9.17) is 5.10 Å². The quantitative estimate of drug-likeness (QED) is 0.671. The molecule has 1 fully saturated rings. The summed E-state index contributed by atoms with van der Waals surface area (Å²) in [5.74, 6) is 0. The van der Waals surface area contributed by atoms with Gasteiger partial charge in [-0.25, -0.2) is 0 Å². The molecule has 1 aromatic carbocycles. The Morgan fingerprint density at radius 2 is 1.95 bits per heavy atom. The second-order valence-electron chi connectivity index (χ2n) is 5.87. The van der Waals surface area contributed by atoms with Crippen LogP contribution >= 0.6 is 15.9 Å². The van der Waals surface area contributed by atoms with E-state index >= 15 is 0 Å². The Labute approximate surface area is 132 Å². The highest BCUT2D eigenvalue weighted by molar-refractivity contribution is 9.10. The molecule has 0 atom stereocenters. The number of aromatic nitrogens is 3. The highest BCUT2D eigenvalue weighted by Gasteiger charge is 2.17. The van der Waals surface area contributed by atoms with Crippen LogP contribution in [0.15, 0.2) is 47.2 Å². The molecule has 0 aliphatic heterocycles. The van der Waals surface area contributed by atoms with Gasteiger partial charge in [0.2, 0.25) is 0 Å². The maximum absolute atomic E-state index is 4.78. The summed E-state index contributed by atoms with van der Waals surface area (Å²) in [7, 11) is 0. The first-order valence-corrected chi connectivity index (χ1v) is 8.37. The molecule has 21 heavy (non-hydrogen) atoms. The van der Waals surface area contributed by atoms with E-state index in [1.165, 1.54) is 36.6 Å². The number of halogens is 1. The maximum atomic E-state index is 4.78. The number of fused-ring (bicyclic) bond motifs is 1. The third kappa shape index (κ3) is 2.53. The average Bonchev–Trinajstić information content (AvgIpc) is 3.20. The molecule has 0 amide bonds. The largest absolute Gasteiger partial charge is 0.341 e. The molecule has 108 valence electrons. The molecule has 0 saturated heterocycles. The third-order valence-corrected chi connectivity index (χ3v) is 4.92. The van der Waals surface area contributed by atoms with Crippen LogP contribution in [0, 0.1) is 0 Å². The zero-order chi connectivity index (χ0) is 14.2. The monoisotopic (exact) mass is 343 g/mol. The fraction of sp³-hybridized carbons (Fsp3) is 0.353. The van der Waals surface area contributed by atoms with Crippen LogP contribution in [0.3, 0.4) is 0 Å². The number of nitrogens with zero attached hydrogens (tertiary/aromatic N) is 3. The van der Waals surface area contributed by atoms with Crippen molar-refractivity contribution in [3.05, 3.63) is 52.9 Å². The summed E-state index contributed by atoms with van der Waals surface area (Å²) in [5, 5.41) is 6.05. The van der Waals surface area contributed by atoms with E-state index < -0.39 is 0 Å². The fourth-order valence-electron chi connectivity index (χ4n) is 3.30. The molecular weight excluding hydrogens is 326 g/mol. The first-order chi connectivity index (χ1) is 10.3. The van der Waals surface area contributed by atoms with Gasteiger partial charge in [0.1, 0.15) is 0 Å². The second-order valence-corrected chi connectivity index (χ2v) is 6.79. The zero-order valence-electron chi connectivity index (χ0n) is 11.9. The van der Waals surface area contributed by atoms with Gasteiger partial charge in [0.05, 0.1) is 18.3 Å². The van der Waals surface area contributed by atoms with Crippen molar-refractivity contribution >= 4 is 26.8 Å². The van der Waals surface area contributed by atoms with Crippen LogP contribution in [-0.2, 0) is 6.54 Å². The van der Waals surface area contributed by atoms with E-state index in [-0.39, 0.29) is 0 Å². The van der Waals surface area contributed by atoms with Gasteiger partial charge in [0.25, 0.3) is 0 Å². The van der Waals surface area contributed by atoms with Crippen molar-refractivity contribution in [3.8, 4) is 0 Å². The van der Waals surface area contributed by atoms with Crippen molar-refractivity contribution in [3.63, 3.8) is 0 Å². The van der Waals surface area contributed by atoms with E-state index in [2.05, 4.69) is 67.9 Å². The second kappa shape index (κ2) is 5.34. The van der Waals surface area contributed by atoms with Gasteiger partial charge in [-0.15, -0.1) is 0 Å². The highest BCUT2D eigenvalue weighted by Crippen LogP contribution is 2.29. The summed E-state index contributed by atoms with van der Waals surface area (Å²) < 4.78 is 5.55. The summed E-state index contributed by atoms with van der Waals surface area (Å²) in [4.78, 5) is 0. The minimum Gasteiger partial charge on any atom is -0.341 e. The molecular formula is C17H18BrN3. The van der Waals surface area contributed by atoms with Crippen LogP contribution in [0.4, 0.5) is 0 Å². The Morgan fingerprint density at radius 3 is 2.81 bits per heavy atom. The number of hydrogen-bond acceptors (Lipinski definition) is 1. The lowest BCUT2D eigenvalue weighted by molar-refractivity contribution is 0.462. The molecule has 3 nitrogen and oxygen atoms in total. The van der Waals surface area contributed by atoms with E-state index in [9.17, 15) is 0 Å². The molecule has 1 saturated carbocycles. The molecule has 0 spiro atoms. The van der Waals surface area contributed by atoms with Gasteiger partial charge in [-0.1, -0.05) is 34.8 Å². The van der Waals surface area contributed by atoms with Crippen molar-refractivity contribution in [2.24, 2.45) is 0 Å². The molecule has 3 aromatic rings. The van der Waals surface area contributed by atoms with Crippen LogP contribution in [0.1, 0.15) is 37.4 Å². The third-order valence-electron chi connectivity index (χ3n) is 4.43. The summed E-state index contributed by atoms with van der Waals surface area (Å²) in [5.41, 5.74) is 2.39. The molecule has 2 aromatic heterocycles. The molecule has 0 unspecified atom stereocenters. The molecule has 2 heterocycles. The van der Waals surface area contributed by atoms with Gasteiger partial charge < -0.3 is 4.57 Å². The number of hydrogen-bond donors (Lipinski definition) is 0.